The fourth-order valence-corrected chi connectivity index (χ4v) is 5.45. The molecule has 6 N–H and O–H groups in total. The zero-order valence-electron chi connectivity index (χ0n) is 20.2. The van der Waals surface area contributed by atoms with Gasteiger partial charge in [0, 0.05) is 0 Å². The van der Waals surface area contributed by atoms with Crippen molar-refractivity contribution in [3.05, 3.63) is 0 Å². The molecule has 0 aromatic rings. The number of phosphoric acid groups is 1. The Morgan fingerprint density at radius 2 is 1.85 bits per heavy atom. The molecule has 0 saturated carbocycles. The topological polar surface area (TPSA) is 158 Å². The molecule has 2 rings (SSSR count). The molecule has 11 heteroatoms. The summed E-state index contributed by atoms with van der Waals surface area (Å²) in [6, 6.07) is -0.917. The lowest BCUT2D eigenvalue weighted by Gasteiger charge is -2.46. The van der Waals surface area contributed by atoms with Crippen molar-refractivity contribution in [1.82, 2.24) is 10.6 Å². The maximum absolute atomic E-state index is 13.0. The van der Waals surface area contributed by atoms with Crippen molar-refractivity contribution in [3.63, 3.8) is 0 Å². The molecule has 0 bridgehead atoms. The highest BCUT2D eigenvalue weighted by molar-refractivity contribution is 7.46. The van der Waals surface area contributed by atoms with Crippen LogP contribution in [0, 0.1) is 11.8 Å². The molecule has 33 heavy (non-hydrogen) atoms. The van der Waals surface area contributed by atoms with E-state index in [-0.39, 0.29) is 17.9 Å². The summed E-state index contributed by atoms with van der Waals surface area (Å²) in [5, 5.41) is 27.7. The van der Waals surface area contributed by atoms with Crippen LogP contribution in [0.4, 0.5) is 0 Å². The second-order valence-electron chi connectivity index (χ2n) is 9.81. The van der Waals surface area contributed by atoms with Crippen molar-refractivity contribution in [1.29, 1.82) is 0 Å². The molecule has 2 heterocycles. The van der Waals surface area contributed by atoms with E-state index in [0.717, 1.165) is 32.2 Å². The Kier molecular flexibility index (Phi) is 11.2. The third-order valence-corrected chi connectivity index (χ3v) is 7.21. The highest BCUT2D eigenvalue weighted by Crippen LogP contribution is 2.42. The number of unbranched alkanes of at least 4 members (excludes halogenated alkanes) is 2. The molecule has 2 aliphatic heterocycles. The van der Waals surface area contributed by atoms with Gasteiger partial charge in [-0.3, -0.25) is 9.32 Å². The minimum Gasteiger partial charge on any atom is -0.388 e. The van der Waals surface area contributed by atoms with Crippen LogP contribution in [-0.2, 0) is 18.6 Å². The molecule has 0 aromatic heterocycles. The fraction of sp³-hybridized carbons (Fsp3) is 0.955. The molecule has 8 atom stereocenters. The van der Waals surface area contributed by atoms with Crippen LogP contribution >= 0.6 is 7.82 Å². The smallest absolute Gasteiger partial charge is 0.388 e. The zero-order valence-corrected chi connectivity index (χ0v) is 21.1. The van der Waals surface area contributed by atoms with Crippen molar-refractivity contribution in [2.75, 3.05) is 6.54 Å². The zero-order chi connectivity index (χ0) is 24.8. The first-order valence-electron chi connectivity index (χ1n) is 12.3. The number of aliphatic hydroxyl groups excluding tert-OH is 2. The molecule has 0 aromatic carbocycles. The molecule has 194 valence electrons. The van der Waals surface area contributed by atoms with Crippen LogP contribution in [0.15, 0.2) is 0 Å². The molecular weight excluding hydrogens is 451 g/mol. The Hall–Kier alpha value is -0.580. The Morgan fingerprint density at radius 3 is 2.42 bits per heavy atom. The van der Waals surface area contributed by atoms with E-state index in [4.69, 9.17) is 9.26 Å². The van der Waals surface area contributed by atoms with Crippen LogP contribution in [0.2, 0.25) is 0 Å². The fourth-order valence-electron chi connectivity index (χ4n) is 4.88. The van der Waals surface area contributed by atoms with Crippen molar-refractivity contribution >= 4 is 13.7 Å². The van der Waals surface area contributed by atoms with Gasteiger partial charge in [0.2, 0.25) is 5.91 Å². The number of hydrogen-bond acceptors (Lipinski definition) is 7. The van der Waals surface area contributed by atoms with E-state index in [1.165, 1.54) is 6.42 Å². The van der Waals surface area contributed by atoms with Gasteiger partial charge in [-0.2, -0.15) is 0 Å². The first-order valence-corrected chi connectivity index (χ1v) is 13.8. The van der Waals surface area contributed by atoms with Crippen molar-refractivity contribution in [2.24, 2.45) is 11.8 Å². The van der Waals surface area contributed by atoms with E-state index in [0.29, 0.717) is 18.8 Å². The van der Waals surface area contributed by atoms with E-state index in [1.807, 2.05) is 20.8 Å². The van der Waals surface area contributed by atoms with Gasteiger partial charge in [0.1, 0.15) is 24.4 Å². The van der Waals surface area contributed by atoms with Gasteiger partial charge in [-0.1, -0.05) is 53.4 Å². The van der Waals surface area contributed by atoms with Crippen molar-refractivity contribution in [3.8, 4) is 0 Å². The van der Waals surface area contributed by atoms with E-state index in [2.05, 4.69) is 17.6 Å². The summed E-state index contributed by atoms with van der Waals surface area (Å²) in [7, 11) is -4.90. The van der Waals surface area contributed by atoms with Gasteiger partial charge in [-0.05, 0) is 37.6 Å². The predicted molar refractivity (Wildman–Crippen MR) is 123 cm³/mol. The Bertz CT molecular complexity index is 660. The first kappa shape index (κ1) is 28.7. The van der Waals surface area contributed by atoms with Crippen LogP contribution < -0.4 is 10.6 Å². The maximum Gasteiger partial charge on any atom is 0.470 e. The van der Waals surface area contributed by atoms with Gasteiger partial charge in [0.15, 0.2) is 0 Å². The standard InChI is InChI=1S/C22H43N2O8P/c1-5-7-8-10-14-11-15(23-12-14)22(27)24-17(13(3)4)21-19(26)18(25)20(32-33(28,29)30)16(31-21)9-6-2/h13-21,23,25-26H,5-12H2,1-4H3,(H,24,27)(H2,28,29,30). The SMILES string of the molecule is CCCCCC1CNC(C(=O)NC(C(C)C)C2OC(CCC)C(OP(=O)(O)O)C(O)C2O)C1. The predicted octanol–water partition coefficient (Wildman–Crippen LogP) is 1.45. The molecule has 0 radical (unpaired) electrons. The Morgan fingerprint density at radius 1 is 1.15 bits per heavy atom. The second kappa shape index (κ2) is 12.9. The average Bonchev–Trinajstić information content (AvgIpc) is 3.20. The van der Waals surface area contributed by atoms with E-state index in [9.17, 15) is 29.4 Å². The Balaban J connectivity index is 2.08. The number of carbonyl (C=O) groups is 1. The van der Waals surface area contributed by atoms with Gasteiger partial charge in [0.25, 0.3) is 0 Å². The number of carbonyl (C=O) groups excluding carboxylic acids is 1. The summed E-state index contributed by atoms with van der Waals surface area (Å²) in [6.45, 7) is 8.61. The molecule has 2 fully saturated rings. The van der Waals surface area contributed by atoms with Gasteiger partial charge in [-0.25, -0.2) is 4.57 Å². The summed E-state index contributed by atoms with van der Waals surface area (Å²) in [4.78, 5) is 31.5. The summed E-state index contributed by atoms with van der Waals surface area (Å²) in [5.74, 6) is 0.171. The molecule has 0 aliphatic carbocycles. The molecular formula is C22H43N2O8P. The van der Waals surface area contributed by atoms with Crippen LogP contribution in [0.5, 0.6) is 0 Å². The van der Waals surface area contributed by atoms with Gasteiger partial charge in [0.05, 0.1) is 18.2 Å². The number of amides is 1. The summed E-state index contributed by atoms with van der Waals surface area (Å²) in [6.07, 6.45) is 0.127. The number of nitrogens with one attached hydrogen (secondary N) is 2. The summed E-state index contributed by atoms with van der Waals surface area (Å²) >= 11 is 0. The number of rotatable bonds is 12. The number of hydrogen-bond donors (Lipinski definition) is 6. The number of aliphatic hydroxyl groups is 2. The van der Waals surface area contributed by atoms with Gasteiger partial charge in [-0.15, -0.1) is 0 Å². The van der Waals surface area contributed by atoms with Gasteiger partial charge >= 0.3 is 7.82 Å². The normalized spacial score (nSPS) is 33.9. The lowest BCUT2D eigenvalue weighted by molar-refractivity contribution is -0.228. The number of phosphoric ester groups is 1. The minimum absolute atomic E-state index is 0.121. The maximum atomic E-state index is 13.0. The number of ether oxygens (including phenoxy) is 1. The van der Waals surface area contributed by atoms with Gasteiger partial charge < -0.3 is 35.4 Å². The molecule has 10 nitrogen and oxygen atoms in total. The molecule has 1 amide bonds. The van der Waals surface area contributed by atoms with E-state index >= 15 is 0 Å². The minimum atomic E-state index is -4.90. The third kappa shape index (κ3) is 8.25. The van der Waals surface area contributed by atoms with E-state index < -0.39 is 44.4 Å². The lowest BCUT2D eigenvalue weighted by Crippen LogP contribution is -2.65. The average molecular weight is 495 g/mol. The van der Waals surface area contributed by atoms with E-state index in [1.54, 1.807) is 0 Å². The highest BCUT2D eigenvalue weighted by Gasteiger charge is 2.50. The van der Waals surface area contributed by atoms with Crippen LogP contribution in [0.1, 0.15) is 72.6 Å². The van der Waals surface area contributed by atoms with Crippen LogP contribution in [0.3, 0.4) is 0 Å². The van der Waals surface area contributed by atoms with Crippen molar-refractivity contribution in [2.45, 2.75) is 115 Å². The molecule has 2 aliphatic rings. The summed E-state index contributed by atoms with van der Waals surface area (Å²) in [5.41, 5.74) is 0. The summed E-state index contributed by atoms with van der Waals surface area (Å²) < 4.78 is 22.2. The monoisotopic (exact) mass is 494 g/mol. The second-order valence-corrected chi connectivity index (χ2v) is 11.0. The highest BCUT2D eigenvalue weighted by atomic mass is 31.2. The molecule has 2 saturated heterocycles. The molecule has 8 unspecified atom stereocenters. The third-order valence-electron chi connectivity index (χ3n) is 6.69. The molecule has 0 spiro atoms. The first-order chi connectivity index (χ1) is 15.5. The quantitative estimate of drug-likeness (QED) is 0.174. The largest absolute Gasteiger partial charge is 0.470 e. The van der Waals surface area contributed by atoms with Crippen LogP contribution in [-0.4, -0.2) is 75.1 Å². The Labute approximate surface area is 197 Å². The van der Waals surface area contributed by atoms with Crippen LogP contribution in [0.25, 0.3) is 0 Å². The lowest BCUT2D eigenvalue weighted by atomic mass is 9.85. The van der Waals surface area contributed by atoms with Crippen molar-refractivity contribution < 1.29 is 38.6 Å².